The van der Waals surface area contributed by atoms with Gasteiger partial charge in [0.15, 0.2) is 0 Å². The first-order valence-corrected chi connectivity index (χ1v) is 6.25. The number of nitrogens with zero attached hydrogens (tertiary/aromatic N) is 1. The number of hydrogen-bond acceptors (Lipinski definition) is 1. The van der Waals surface area contributed by atoms with Crippen LogP contribution < -0.4 is 0 Å². The lowest BCUT2D eigenvalue weighted by molar-refractivity contribution is 0.861. The third kappa shape index (κ3) is 2.80. The Morgan fingerprint density at radius 3 is 2.29 bits per heavy atom. The molecule has 0 aliphatic carbocycles. The summed E-state index contributed by atoms with van der Waals surface area (Å²) >= 11 is 12.0. The van der Waals surface area contributed by atoms with Gasteiger partial charge >= 0.3 is 0 Å². The van der Waals surface area contributed by atoms with Crippen LogP contribution in [0.3, 0.4) is 0 Å². The average molecular weight is 266 g/mol. The first kappa shape index (κ1) is 12.4. The Morgan fingerprint density at radius 2 is 1.71 bits per heavy atom. The molecule has 0 N–H and O–H groups in total. The molecule has 0 bridgehead atoms. The highest BCUT2D eigenvalue weighted by atomic mass is 35.5. The molecule has 1 aromatic heterocycles. The topological polar surface area (TPSA) is 12.9 Å². The molecule has 0 saturated carbocycles. The van der Waals surface area contributed by atoms with Gasteiger partial charge in [-0.2, -0.15) is 0 Å². The van der Waals surface area contributed by atoms with Gasteiger partial charge in [-0.05, 0) is 35.7 Å². The summed E-state index contributed by atoms with van der Waals surface area (Å²) in [7, 11) is 0. The number of rotatable bonds is 2. The van der Waals surface area contributed by atoms with E-state index < -0.39 is 0 Å². The predicted molar refractivity (Wildman–Crippen MR) is 73.8 cm³/mol. The van der Waals surface area contributed by atoms with Crippen LogP contribution in [0.2, 0.25) is 10.0 Å². The van der Waals surface area contributed by atoms with Crippen LogP contribution >= 0.6 is 23.2 Å². The average Bonchev–Trinajstić information content (AvgIpc) is 2.27. The van der Waals surface area contributed by atoms with Crippen LogP contribution in [-0.2, 0) is 0 Å². The van der Waals surface area contributed by atoms with Crippen LogP contribution in [0, 0.1) is 0 Å². The van der Waals surface area contributed by atoms with Crippen LogP contribution in [0.5, 0.6) is 0 Å². The van der Waals surface area contributed by atoms with Crippen molar-refractivity contribution >= 4 is 23.2 Å². The van der Waals surface area contributed by atoms with E-state index in [9.17, 15) is 0 Å². The molecule has 0 spiro atoms. The molecule has 88 valence electrons. The lowest BCUT2D eigenvalue weighted by atomic mass is 9.97. The quantitative estimate of drug-likeness (QED) is 0.729. The van der Waals surface area contributed by atoms with E-state index in [1.165, 1.54) is 5.56 Å². The van der Waals surface area contributed by atoms with Crippen LogP contribution in [-0.4, -0.2) is 4.98 Å². The number of aromatic nitrogens is 1. The minimum atomic E-state index is 0.413. The van der Waals surface area contributed by atoms with Crippen molar-refractivity contribution in [2.45, 2.75) is 19.8 Å². The predicted octanol–water partition coefficient (Wildman–Crippen LogP) is 5.18. The van der Waals surface area contributed by atoms with Crippen molar-refractivity contribution in [3.63, 3.8) is 0 Å². The monoisotopic (exact) mass is 265 g/mol. The first-order valence-electron chi connectivity index (χ1n) is 5.49. The maximum absolute atomic E-state index is 6.02. The number of hydrogen-bond donors (Lipinski definition) is 0. The second-order valence-corrected chi connectivity index (χ2v) is 5.13. The summed E-state index contributed by atoms with van der Waals surface area (Å²) in [5.41, 5.74) is 3.12. The van der Waals surface area contributed by atoms with Crippen LogP contribution in [0.25, 0.3) is 11.3 Å². The number of halogens is 2. The van der Waals surface area contributed by atoms with E-state index in [1.807, 2.05) is 18.2 Å². The van der Waals surface area contributed by atoms with E-state index in [2.05, 4.69) is 24.9 Å². The zero-order valence-electron chi connectivity index (χ0n) is 9.74. The van der Waals surface area contributed by atoms with E-state index >= 15 is 0 Å². The van der Waals surface area contributed by atoms with E-state index in [1.54, 1.807) is 12.3 Å². The molecule has 0 aliphatic rings. The molecule has 0 atom stereocenters. The van der Waals surface area contributed by atoms with Crippen LogP contribution in [0.1, 0.15) is 25.3 Å². The fourth-order valence-corrected chi connectivity index (χ4v) is 2.34. The summed E-state index contributed by atoms with van der Waals surface area (Å²) in [6, 6.07) is 9.54. The van der Waals surface area contributed by atoms with Crippen LogP contribution in [0.15, 0.2) is 36.5 Å². The van der Waals surface area contributed by atoms with Gasteiger partial charge in [-0.15, -0.1) is 0 Å². The highest BCUT2D eigenvalue weighted by molar-refractivity contribution is 6.35. The fourth-order valence-electron chi connectivity index (χ4n) is 1.82. The summed E-state index contributed by atoms with van der Waals surface area (Å²) in [5.74, 6) is 0.413. The Kier molecular flexibility index (Phi) is 3.70. The third-order valence-corrected chi connectivity index (χ3v) is 3.03. The first-order chi connectivity index (χ1) is 8.08. The van der Waals surface area contributed by atoms with Gasteiger partial charge < -0.3 is 0 Å². The van der Waals surface area contributed by atoms with Gasteiger partial charge in [-0.3, -0.25) is 4.98 Å². The van der Waals surface area contributed by atoms with Crippen molar-refractivity contribution in [3.05, 3.63) is 52.1 Å². The van der Waals surface area contributed by atoms with Gasteiger partial charge in [0.05, 0.1) is 5.69 Å². The summed E-state index contributed by atoms with van der Waals surface area (Å²) in [5, 5.41) is 1.26. The molecule has 17 heavy (non-hydrogen) atoms. The Morgan fingerprint density at radius 1 is 1.06 bits per heavy atom. The molecule has 1 aromatic carbocycles. The maximum Gasteiger partial charge on any atom is 0.0737 e. The molecule has 0 saturated heterocycles. The van der Waals surface area contributed by atoms with E-state index in [0.29, 0.717) is 16.0 Å². The fraction of sp³-hybridized carbons (Fsp3) is 0.214. The van der Waals surface area contributed by atoms with Crippen molar-refractivity contribution in [2.24, 2.45) is 0 Å². The summed E-state index contributed by atoms with van der Waals surface area (Å²) in [6.07, 6.45) is 1.79. The lowest BCUT2D eigenvalue weighted by Gasteiger charge is -2.12. The molecular weight excluding hydrogens is 253 g/mol. The highest BCUT2D eigenvalue weighted by Gasteiger charge is 2.10. The molecule has 2 aromatic rings. The molecule has 2 rings (SSSR count). The van der Waals surface area contributed by atoms with Gasteiger partial charge in [-0.1, -0.05) is 43.1 Å². The molecule has 0 aliphatic heterocycles. The van der Waals surface area contributed by atoms with Crippen molar-refractivity contribution < 1.29 is 0 Å². The molecular formula is C14H13Cl2N. The number of pyridine rings is 1. The van der Waals surface area contributed by atoms with Gasteiger partial charge in [0.25, 0.3) is 0 Å². The molecule has 0 unspecified atom stereocenters. The van der Waals surface area contributed by atoms with Crippen molar-refractivity contribution in [2.75, 3.05) is 0 Å². The second kappa shape index (κ2) is 5.07. The largest absolute Gasteiger partial charge is 0.256 e. The molecule has 0 radical (unpaired) electrons. The number of benzene rings is 1. The van der Waals surface area contributed by atoms with Gasteiger partial charge in [0.2, 0.25) is 0 Å². The Hall–Kier alpha value is -1.05. The minimum absolute atomic E-state index is 0.413. The van der Waals surface area contributed by atoms with Crippen LogP contribution in [0.4, 0.5) is 0 Å². The Bertz CT molecular complexity index is 515. The third-order valence-electron chi connectivity index (χ3n) is 2.60. The molecule has 0 fully saturated rings. The molecule has 1 nitrogen and oxygen atoms in total. The van der Waals surface area contributed by atoms with E-state index in [4.69, 9.17) is 23.2 Å². The normalized spacial score (nSPS) is 10.9. The zero-order valence-corrected chi connectivity index (χ0v) is 11.3. The van der Waals surface area contributed by atoms with E-state index in [0.717, 1.165) is 11.3 Å². The Labute approximate surface area is 111 Å². The summed E-state index contributed by atoms with van der Waals surface area (Å²) < 4.78 is 0. The van der Waals surface area contributed by atoms with Gasteiger partial charge in [-0.25, -0.2) is 0 Å². The second-order valence-electron chi connectivity index (χ2n) is 4.25. The maximum atomic E-state index is 6.02. The highest BCUT2D eigenvalue weighted by Crippen LogP contribution is 2.30. The summed E-state index contributed by atoms with van der Waals surface area (Å²) in [4.78, 5) is 4.44. The standard InChI is InChI=1S/C14H13Cl2N/c1-9(2)13-4-3-5-17-14(13)10-6-11(15)8-12(16)7-10/h3-9H,1-2H3. The minimum Gasteiger partial charge on any atom is -0.256 e. The van der Waals surface area contributed by atoms with Crippen molar-refractivity contribution in [1.29, 1.82) is 0 Å². The molecule has 0 amide bonds. The molecule has 1 heterocycles. The molecule has 3 heteroatoms. The van der Waals surface area contributed by atoms with Crippen molar-refractivity contribution in [3.8, 4) is 11.3 Å². The van der Waals surface area contributed by atoms with Gasteiger partial charge in [0, 0.05) is 21.8 Å². The van der Waals surface area contributed by atoms with E-state index in [-0.39, 0.29) is 0 Å². The smallest absolute Gasteiger partial charge is 0.0737 e. The summed E-state index contributed by atoms with van der Waals surface area (Å²) in [6.45, 7) is 4.29. The van der Waals surface area contributed by atoms with Gasteiger partial charge in [0.1, 0.15) is 0 Å². The Balaban J connectivity index is 2.60. The lowest BCUT2D eigenvalue weighted by Crippen LogP contribution is -1.94. The van der Waals surface area contributed by atoms with Crippen molar-refractivity contribution in [1.82, 2.24) is 4.98 Å². The zero-order chi connectivity index (χ0) is 12.4. The SMILES string of the molecule is CC(C)c1cccnc1-c1cc(Cl)cc(Cl)c1.